The van der Waals surface area contributed by atoms with E-state index in [1.807, 2.05) is 6.92 Å². The molecule has 0 saturated carbocycles. The van der Waals surface area contributed by atoms with Crippen molar-refractivity contribution in [2.45, 2.75) is 38.3 Å². The molecule has 0 bridgehead atoms. The lowest BCUT2D eigenvalue weighted by molar-refractivity contribution is 0.108. The number of rotatable bonds is 5. The zero-order valence-electron chi connectivity index (χ0n) is 10.6. The third-order valence-corrected chi connectivity index (χ3v) is 3.29. The minimum atomic E-state index is -0.472. The van der Waals surface area contributed by atoms with Crippen LogP contribution in [0.3, 0.4) is 0 Å². The summed E-state index contributed by atoms with van der Waals surface area (Å²) < 4.78 is 32.4. The van der Waals surface area contributed by atoms with Gasteiger partial charge >= 0.3 is 0 Å². The third kappa shape index (κ3) is 3.50. The van der Waals surface area contributed by atoms with E-state index in [0.29, 0.717) is 6.42 Å². The van der Waals surface area contributed by atoms with Crippen LogP contribution in [-0.4, -0.2) is 25.3 Å². The highest BCUT2D eigenvalue weighted by Crippen LogP contribution is 2.15. The fraction of sp³-hybridized carbons (Fsp3) is 0.571. The summed E-state index contributed by atoms with van der Waals surface area (Å²) in [6, 6.07) is 4.01. The van der Waals surface area contributed by atoms with E-state index < -0.39 is 11.6 Å². The van der Waals surface area contributed by atoms with Gasteiger partial charge in [0.1, 0.15) is 11.6 Å². The molecule has 0 aliphatic carbocycles. The van der Waals surface area contributed by atoms with E-state index in [2.05, 4.69) is 5.32 Å². The van der Waals surface area contributed by atoms with Crippen molar-refractivity contribution in [2.24, 2.45) is 0 Å². The molecule has 18 heavy (non-hydrogen) atoms. The molecule has 1 aromatic rings. The monoisotopic (exact) mass is 255 g/mol. The van der Waals surface area contributed by atoms with Crippen molar-refractivity contribution in [1.29, 1.82) is 0 Å². The van der Waals surface area contributed by atoms with Gasteiger partial charge in [-0.25, -0.2) is 8.78 Å². The molecule has 0 spiro atoms. The van der Waals surface area contributed by atoms with Gasteiger partial charge < -0.3 is 10.1 Å². The SMILES string of the molecule is CC(Cc1c(F)cccc1F)NCC1CCCO1. The lowest BCUT2D eigenvalue weighted by Gasteiger charge is -2.17. The smallest absolute Gasteiger partial charge is 0.129 e. The van der Waals surface area contributed by atoms with Crippen molar-refractivity contribution in [3.63, 3.8) is 0 Å². The van der Waals surface area contributed by atoms with Crippen molar-refractivity contribution in [1.82, 2.24) is 5.32 Å². The topological polar surface area (TPSA) is 21.3 Å². The second kappa shape index (κ2) is 6.25. The van der Waals surface area contributed by atoms with Crippen LogP contribution in [0.2, 0.25) is 0 Å². The highest BCUT2D eigenvalue weighted by molar-refractivity contribution is 5.20. The number of halogens is 2. The van der Waals surface area contributed by atoms with E-state index in [1.54, 1.807) is 0 Å². The zero-order chi connectivity index (χ0) is 13.0. The highest BCUT2D eigenvalue weighted by Gasteiger charge is 2.17. The fourth-order valence-corrected chi connectivity index (χ4v) is 2.24. The molecule has 2 unspecified atom stereocenters. The molecule has 4 heteroatoms. The van der Waals surface area contributed by atoms with Crippen LogP contribution in [0.5, 0.6) is 0 Å². The van der Waals surface area contributed by atoms with Crippen LogP contribution in [0.1, 0.15) is 25.3 Å². The second-order valence-electron chi connectivity index (χ2n) is 4.85. The van der Waals surface area contributed by atoms with Gasteiger partial charge in [-0.2, -0.15) is 0 Å². The van der Waals surface area contributed by atoms with Crippen molar-refractivity contribution < 1.29 is 13.5 Å². The average Bonchev–Trinajstić information content (AvgIpc) is 2.84. The Balaban J connectivity index is 1.84. The fourth-order valence-electron chi connectivity index (χ4n) is 2.24. The molecule has 1 saturated heterocycles. The Hall–Kier alpha value is -1.00. The number of benzene rings is 1. The van der Waals surface area contributed by atoms with Crippen LogP contribution in [0.25, 0.3) is 0 Å². The number of hydrogen-bond donors (Lipinski definition) is 1. The lowest BCUT2D eigenvalue weighted by Crippen LogP contribution is -2.35. The van der Waals surface area contributed by atoms with E-state index in [-0.39, 0.29) is 17.7 Å². The molecular weight excluding hydrogens is 236 g/mol. The van der Waals surface area contributed by atoms with E-state index in [4.69, 9.17) is 4.74 Å². The van der Waals surface area contributed by atoms with E-state index in [1.165, 1.54) is 18.2 Å². The Morgan fingerprint density at radius 3 is 2.72 bits per heavy atom. The van der Waals surface area contributed by atoms with Crippen molar-refractivity contribution in [3.8, 4) is 0 Å². The molecule has 1 aromatic carbocycles. The molecule has 1 heterocycles. The van der Waals surface area contributed by atoms with Crippen LogP contribution in [0, 0.1) is 11.6 Å². The molecule has 0 amide bonds. The van der Waals surface area contributed by atoms with Crippen LogP contribution in [0.4, 0.5) is 8.78 Å². The Morgan fingerprint density at radius 1 is 1.39 bits per heavy atom. The van der Waals surface area contributed by atoms with Crippen molar-refractivity contribution in [2.75, 3.05) is 13.2 Å². The van der Waals surface area contributed by atoms with E-state index in [0.717, 1.165) is 26.0 Å². The van der Waals surface area contributed by atoms with Gasteiger partial charge in [-0.05, 0) is 38.3 Å². The summed E-state index contributed by atoms with van der Waals surface area (Å²) in [7, 11) is 0. The average molecular weight is 255 g/mol. The Kier molecular flexibility index (Phi) is 4.66. The Morgan fingerprint density at radius 2 is 2.11 bits per heavy atom. The van der Waals surface area contributed by atoms with Gasteiger partial charge in [-0.1, -0.05) is 6.07 Å². The van der Waals surface area contributed by atoms with Gasteiger partial charge in [0.05, 0.1) is 6.10 Å². The summed E-state index contributed by atoms with van der Waals surface area (Å²) in [5.41, 5.74) is 0.157. The zero-order valence-corrected chi connectivity index (χ0v) is 10.6. The number of ether oxygens (including phenoxy) is 1. The van der Waals surface area contributed by atoms with Gasteiger partial charge in [-0.3, -0.25) is 0 Å². The first-order valence-electron chi connectivity index (χ1n) is 6.44. The largest absolute Gasteiger partial charge is 0.377 e. The van der Waals surface area contributed by atoms with Crippen LogP contribution < -0.4 is 5.32 Å². The predicted octanol–water partition coefficient (Wildman–Crippen LogP) is 2.66. The first-order valence-corrected chi connectivity index (χ1v) is 6.44. The predicted molar refractivity (Wildman–Crippen MR) is 66.5 cm³/mol. The summed E-state index contributed by atoms with van der Waals surface area (Å²) >= 11 is 0. The first kappa shape index (κ1) is 13.4. The van der Waals surface area contributed by atoms with Crippen LogP contribution >= 0.6 is 0 Å². The molecule has 0 aromatic heterocycles. The maximum absolute atomic E-state index is 13.5. The molecule has 1 N–H and O–H groups in total. The van der Waals surface area contributed by atoms with Crippen molar-refractivity contribution >= 4 is 0 Å². The molecule has 1 aliphatic heterocycles. The molecule has 100 valence electrons. The standard InChI is InChI=1S/C14H19F2NO/c1-10(17-9-11-4-3-7-18-11)8-12-13(15)5-2-6-14(12)16/h2,5-6,10-11,17H,3-4,7-9H2,1H3. The molecule has 2 atom stereocenters. The van der Waals surface area contributed by atoms with Gasteiger partial charge in [0, 0.05) is 24.8 Å². The quantitative estimate of drug-likeness (QED) is 0.873. The summed E-state index contributed by atoms with van der Waals surface area (Å²) in [5, 5.41) is 3.27. The van der Waals surface area contributed by atoms with Crippen molar-refractivity contribution in [3.05, 3.63) is 35.4 Å². The molecule has 2 rings (SSSR count). The number of nitrogens with one attached hydrogen (secondary N) is 1. The van der Waals surface area contributed by atoms with Crippen LogP contribution in [-0.2, 0) is 11.2 Å². The lowest BCUT2D eigenvalue weighted by atomic mass is 10.1. The summed E-state index contributed by atoms with van der Waals surface area (Å²) in [6.45, 7) is 3.50. The molecule has 1 fully saturated rings. The third-order valence-electron chi connectivity index (χ3n) is 3.29. The summed E-state index contributed by atoms with van der Waals surface area (Å²) in [4.78, 5) is 0. The van der Waals surface area contributed by atoms with Gasteiger partial charge in [-0.15, -0.1) is 0 Å². The maximum Gasteiger partial charge on any atom is 0.129 e. The van der Waals surface area contributed by atoms with Gasteiger partial charge in [0.25, 0.3) is 0 Å². The minimum absolute atomic E-state index is 0.0283. The first-order chi connectivity index (χ1) is 8.66. The molecule has 1 aliphatic rings. The Bertz CT molecular complexity index is 371. The van der Waals surface area contributed by atoms with Gasteiger partial charge in [0.2, 0.25) is 0 Å². The number of hydrogen-bond acceptors (Lipinski definition) is 2. The van der Waals surface area contributed by atoms with Gasteiger partial charge in [0.15, 0.2) is 0 Å². The molecule has 2 nitrogen and oxygen atoms in total. The highest BCUT2D eigenvalue weighted by atomic mass is 19.1. The van der Waals surface area contributed by atoms with E-state index in [9.17, 15) is 8.78 Å². The van der Waals surface area contributed by atoms with Crippen LogP contribution in [0.15, 0.2) is 18.2 Å². The summed E-state index contributed by atoms with van der Waals surface area (Å²) in [6.07, 6.45) is 2.76. The summed E-state index contributed by atoms with van der Waals surface area (Å²) in [5.74, 6) is -0.943. The minimum Gasteiger partial charge on any atom is -0.377 e. The maximum atomic E-state index is 13.5. The molecular formula is C14H19F2NO. The normalized spacial score (nSPS) is 21.2. The van der Waals surface area contributed by atoms with E-state index >= 15 is 0 Å². The second-order valence-corrected chi connectivity index (χ2v) is 4.85. The molecule has 0 radical (unpaired) electrons. The Labute approximate surface area is 106 Å².